The molecule has 0 radical (unpaired) electrons. The Kier molecular flexibility index (Phi) is 5.01. The highest BCUT2D eigenvalue weighted by molar-refractivity contribution is 9.10. The van der Waals surface area contributed by atoms with Crippen LogP contribution in [-0.4, -0.2) is 38.6 Å². The van der Waals surface area contributed by atoms with Gasteiger partial charge in [-0.2, -0.15) is 0 Å². The minimum Gasteiger partial charge on any atom is -0.496 e. The molecule has 110 valence electrons. The van der Waals surface area contributed by atoms with Gasteiger partial charge >= 0.3 is 0 Å². The smallest absolute Gasteiger partial charge is 0.255 e. The molecule has 1 aliphatic rings. The summed E-state index contributed by atoms with van der Waals surface area (Å²) >= 11 is 3.35. The summed E-state index contributed by atoms with van der Waals surface area (Å²) in [6.45, 7) is 3.56. The van der Waals surface area contributed by atoms with Gasteiger partial charge in [0.2, 0.25) is 0 Å². The van der Waals surface area contributed by atoms with Crippen LogP contribution in [0.5, 0.6) is 5.75 Å². The molecule has 0 aliphatic carbocycles. The van der Waals surface area contributed by atoms with Crippen LogP contribution in [0.4, 0.5) is 0 Å². The maximum Gasteiger partial charge on any atom is 0.255 e. The van der Waals surface area contributed by atoms with E-state index in [0.717, 1.165) is 4.47 Å². The average molecular weight is 344 g/mol. The van der Waals surface area contributed by atoms with Crippen molar-refractivity contribution >= 4 is 21.8 Å². The quantitative estimate of drug-likeness (QED) is 0.891. The summed E-state index contributed by atoms with van der Waals surface area (Å²) in [7, 11) is 1.54. The van der Waals surface area contributed by atoms with Crippen LogP contribution in [0.3, 0.4) is 0 Å². The molecule has 1 aromatic rings. The first-order valence-corrected chi connectivity index (χ1v) is 7.23. The SMILES string of the molecule is COc1ccc(Br)cc1C(=O)NCCC1(C)OCCO1. The molecule has 1 aliphatic heterocycles. The molecular weight excluding hydrogens is 326 g/mol. The van der Waals surface area contributed by atoms with Crippen molar-refractivity contribution in [3.63, 3.8) is 0 Å². The van der Waals surface area contributed by atoms with Gasteiger partial charge in [0.25, 0.3) is 5.91 Å². The molecule has 0 unspecified atom stereocenters. The zero-order chi connectivity index (χ0) is 14.6. The molecule has 0 atom stereocenters. The van der Waals surface area contributed by atoms with E-state index in [0.29, 0.717) is 37.5 Å². The number of methoxy groups -OCH3 is 1. The summed E-state index contributed by atoms with van der Waals surface area (Å²) in [4.78, 5) is 12.2. The normalized spacial score (nSPS) is 16.9. The van der Waals surface area contributed by atoms with Gasteiger partial charge in [-0.25, -0.2) is 0 Å². The first-order chi connectivity index (χ1) is 9.54. The topological polar surface area (TPSA) is 56.8 Å². The molecule has 1 heterocycles. The van der Waals surface area contributed by atoms with Gasteiger partial charge in [-0.1, -0.05) is 15.9 Å². The number of carbonyl (C=O) groups is 1. The summed E-state index contributed by atoms with van der Waals surface area (Å²) in [5.74, 6) is -0.218. The number of ether oxygens (including phenoxy) is 3. The summed E-state index contributed by atoms with van der Waals surface area (Å²) < 4.78 is 17.0. The molecule has 5 nitrogen and oxygen atoms in total. The van der Waals surface area contributed by atoms with Crippen LogP contribution >= 0.6 is 15.9 Å². The van der Waals surface area contributed by atoms with Crippen molar-refractivity contribution < 1.29 is 19.0 Å². The van der Waals surface area contributed by atoms with Gasteiger partial charge in [0.15, 0.2) is 5.79 Å². The fourth-order valence-corrected chi connectivity index (χ4v) is 2.42. The summed E-state index contributed by atoms with van der Waals surface area (Å²) in [5.41, 5.74) is 0.500. The first kappa shape index (κ1) is 15.3. The first-order valence-electron chi connectivity index (χ1n) is 6.44. The van der Waals surface area contributed by atoms with Crippen molar-refractivity contribution in [1.82, 2.24) is 5.32 Å². The summed E-state index contributed by atoms with van der Waals surface area (Å²) in [5, 5.41) is 2.85. The third-order valence-corrected chi connectivity index (χ3v) is 3.66. The number of carbonyl (C=O) groups excluding carboxylic acids is 1. The molecule has 0 aromatic heterocycles. The molecule has 1 amide bonds. The zero-order valence-electron chi connectivity index (χ0n) is 11.6. The van der Waals surface area contributed by atoms with Crippen molar-refractivity contribution in [2.45, 2.75) is 19.1 Å². The second-order valence-corrected chi connectivity index (χ2v) is 5.60. The van der Waals surface area contributed by atoms with E-state index in [-0.39, 0.29) is 5.91 Å². The van der Waals surface area contributed by atoms with E-state index in [9.17, 15) is 4.79 Å². The number of benzene rings is 1. The van der Waals surface area contributed by atoms with Crippen LogP contribution in [0.15, 0.2) is 22.7 Å². The Hall–Kier alpha value is -1.11. The van der Waals surface area contributed by atoms with Crippen molar-refractivity contribution in [1.29, 1.82) is 0 Å². The van der Waals surface area contributed by atoms with Gasteiger partial charge in [-0.15, -0.1) is 0 Å². The van der Waals surface area contributed by atoms with Gasteiger partial charge in [0.05, 0.1) is 25.9 Å². The van der Waals surface area contributed by atoms with Crippen LogP contribution in [0, 0.1) is 0 Å². The molecule has 20 heavy (non-hydrogen) atoms. The lowest BCUT2D eigenvalue weighted by Gasteiger charge is -2.22. The van der Waals surface area contributed by atoms with Gasteiger partial charge < -0.3 is 19.5 Å². The van der Waals surface area contributed by atoms with Crippen molar-refractivity contribution in [3.8, 4) is 5.75 Å². The lowest BCUT2D eigenvalue weighted by Crippen LogP contribution is -2.33. The lowest BCUT2D eigenvalue weighted by atomic mass is 10.1. The fraction of sp³-hybridized carbons (Fsp3) is 0.500. The number of nitrogens with one attached hydrogen (secondary N) is 1. The lowest BCUT2D eigenvalue weighted by molar-refractivity contribution is -0.145. The number of hydrogen-bond acceptors (Lipinski definition) is 4. The summed E-state index contributed by atoms with van der Waals surface area (Å²) in [6.07, 6.45) is 0.606. The molecule has 0 spiro atoms. The Bertz CT molecular complexity index is 486. The highest BCUT2D eigenvalue weighted by Gasteiger charge is 2.30. The molecule has 1 N–H and O–H groups in total. The van der Waals surface area contributed by atoms with E-state index >= 15 is 0 Å². The van der Waals surface area contributed by atoms with Crippen LogP contribution in [0.25, 0.3) is 0 Å². The van der Waals surface area contributed by atoms with Crippen molar-refractivity contribution in [2.24, 2.45) is 0 Å². The Morgan fingerprint density at radius 2 is 2.15 bits per heavy atom. The molecule has 1 saturated heterocycles. The number of hydrogen-bond donors (Lipinski definition) is 1. The van der Waals surface area contributed by atoms with Gasteiger partial charge in [0.1, 0.15) is 5.75 Å². The van der Waals surface area contributed by atoms with Gasteiger partial charge in [0, 0.05) is 17.4 Å². The second-order valence-electron chi connectivity index (χ2n) is 4.68. The van der Waals surface area contributed by atoms with Crippen LogP contribution in [-0.2, 0) is 9.47 Å². The highest BCUT2D eigenvalue weighted by Crippen LogP contribution is 2.24. The molecule has 1 aromatic carbocycles. The molecule has 6 heteroatoms. The maximum absolute atomic E-state index is 12.2. The Labute approximate surface area is 126 Å². The molecule has 0 saturated carbocycles. The standard InChI is InChI=1S/C14H18BrNO4/c1-14(19-7-8-20-14)5-6-16-13(17)11-9-10(15)3-4-12(11)18-2/h3-4,9H,5-8H2,1-2H3,(H,16,17). The molecule has 2 rings (SSSR count). The van der Waals surface area contributed by atoms with E-state index in [1.165, 1.54) is 0 Å². The van der Waals surface area contributed by atoms with Crippen LogP contribution < -0.4 is 10.1 Å². The van der Waals surface area contributed by atoms with Gasteiger partial charge in [-0.3, -0.25) is 4.79 Å². The number of halogens is 1. The molecule has 1 fully saturated rings. The highest BCUT2D eigenvalue weighted by atomic mass is 79.9. The van der Waals surface area contributed by atoms with Crippen molar-refractivity contribution in [2.75, 3.05) is 26.9 Å². The third-order valence-electron chi connectivity index (χ3n) is 3.17. The fourth-order valence-electron chi connectivity index (χ4n) is 2.06. The van der Waals surface area contributed by atoms with E-state index in [1.54, 1.807) is 19.2 Å². The third kappa shape index (κ3) is 3.71. The van der Waals surface area contributed by atoms with Gasteiger partial charge in [-0.05, 0) is 25.1 Å². The molecule has 0 bridgehead atoms. The van der Waals surface area contributed by atoms with Crippen molar-refractivity contribution in [3.05, 3.63) is 28.2 Å². The van der Waals surface area contributed by atoms with Crippen LogP contribution in [0.2, 0.25) is 0 Å². The Morgan fingerprint density at radius 3 is 2.80 bits per heavy atom. The minimum absolute atomic E-state index is 0.176. The number of rotatable bonds is 5. The predicted molar refractivity (Wildman–Crippen MR) is 78.0 cm³/mol. The van der Waals surface area contributed by atoms with E-state index < -0.39 is 5.79 Å². The average Bonchev–Trinajstić information content (AvgIpc) is 2.85. The predicted octanol–water partition coefficient (Wildman–Crippen LogP) is 2.34. The Balaban J connectivity index is 1.93. The minimum atomic E-state index is -0.589. The number of amides is 1. The van der Waals surface area contributed by atoms with Crippen LogP contribution in [0.1, 0.15) is 23.7 Å². The Morgan fingerprint density at radius 1 is 1.45 bits per heavy atom. The van der Waals surface area contributed by atoms with E-state index in [2.05, 4.69) is 21.2 Å². The zero-order valence-corrected chi connectivity index (χ0v) is 13.2. The molecular formula is C14H18BrNO4. The largest absolute Gasteiger partial charge is 0.496 e. The second kappa shape index (κ2) is 6.56. The summed E-state index contributed by atoms with van der Waals surface area (Å²) in [6, 6.07) is 5.32. The van der Waals surface area contributed by atoms with E-state index in [1.807, 2.05) is 13.0 Å². The van der Waals surface area contributed by atoms with E-state index in [4.69, 9.17) is 14.2 Å². The monoisotopic (exact) mass is 343 g/mol. The maximum atomic E-state index is 12.2.